The molecule has 6 nitrogen and oxygen atoms in total. The molecule has 0 spiro atoms. The Kier molecular flexibility index (Phi) is 10.9. The van der Waals surface area contributed by atoms with Gasteiger partial charge in [0.15, 0.2) is 5.78 Å². The van der Waals surface area contributed by atoms with Crippen molar-refractivity contribution in [2.24, 2.45) is 17.8 Å². The van der Waals surface area contributed by atoms with Crippen LogP contribution in [0.4, 0.5) is 0 Å². The molecule has 0 aliphatic rings. The summed E-state index contributed by atoms with van der Waals surface area (Å²) in [5.74, 6) is -3.35. The Hall–Kier alpha value is -3.28. The number of hydrogen-bond donors (Lipinski definition) is 2. The van der Waals surface area contributed by atoms with Gasteiger partial charge in [-0.25, -0.2) is 0 Å². The summed E-state index contributed by atoms with van der Waals surface area (Å²) in [6.45, 7) is 5.84. The van der Waals surface area contributed by atoms with E-state index >= 15 is 0 Å². The van der Waals surface area contributed by atoms with Crippen molar-refractivity contribution >= 4 is 24.0 Å². The van der Waals surface area contributed by atoms with Gasteiger partial charge in [0.1, 0.15) is 6.29 Å². The lowest BCUT2D eigenvalue weighted by Gasteiger charge is -2.16. The predicted molar refractivity (Wildman–Crippen MR) is 118 cm³/mol. The summed E-state index contributed by atoms with van der Waals surface area (Å²) < 4.78 is 0. The number of benzene rings is 2. The summed E-state index contributed by atoms with van der Waals surface area (Å²) in [6, 6.07) is 16.1. The molecule has 0 saturated heterocycles. The average Bonchev–Trinajstić information content (AvgIpc) is 2.73. The molecule has 6 heteroatoms. The molecule has 166 valence electrons. The van der Waals surface area contributed by atoms with Crippen LogP contribution in [0, 0.1) is 17.8 Å². The van der Waals surface area contributed by atoms with E-state index in [0.717, 1.165) is 18.3 Å². The van der Waals surface area contributed by atoms with Gasteiger partial charge >= 0.3 is 11.9 Å². The van der Waals surface area contributed by atoms with Gasteiger partial charge in [0, 0.05) is 17.0 Å². The molecule has 2 aromatic carbocycles. The average molecular weight is 427 g/mol. The first-order valence-corrected chi connectivity index (χ1v) is 10.2. The maximum absolute atomic E-state index is 12.2. The van der Waals surface area contributed by atoms with Crippen molar-refractivity contribution < 1.29 is 29.4 Å². The van der Waals surface area contributed by atoms with Crippen LogP contribution in [0.5, 0.6) is 0 Å². The Morgan fingerprint density at radius 3 is 1.94 bits per heavy atom. The Labute approximate surface area is 182 Å². The van der Waals surface area contributed by atoms with E-state index in [-0.39, 0.29) is 18.6 Å². The van der Waals surface area contributed by atoms with Crippen molar-refractivity contribution in [3.8, 4) is 0 Å². The number of carboxylic acid groups (broad SMARTS) is 2. The quantitative estimate of drug-likeness (QED) is 0.418. The second-order valence-electron chi connectivity index (χ2n) is 7.96. The molecule has 0 radical (unpaired) electrons. The second kappa shape index (κ2) is 13.1. The van der Waals surface area contributed by atoms with E-state index in [1.807, 2.05) is 24.3 Å². The van der Waals surface area contributed by atoms with E-state index in [0.29, 0.717) is 11.5 Å². The molecule has 0 aliphatic carbocycles. The van der Waals surface area contributed by atoms with Crippen LogP contribution >= 0.6 is 0 Å². The molecule has 2 atom stereocenters. The number of ketones is 1. The van der Waals surface area contributed by atoms with E-state index in [2.05, 4.69) is 13.8 Å². The van der Waals surface area contributed by atoms with E-state index < -0.39 is 23.8 Å². The monoisotopic (exact) mass is 426 g/mol. The minimum atomic E-state index is -1.10. The minimum absolute atomic E-state index is 0.0232. The first-order valence-electron chi connectivity index (χ1n) is 10.2. The number of Topliss-reactive ketones (excluding diaryl/α,β-unsaturated/α-hetero) is 1. The lowest BCUT2D eigenvalue weighted by molar-refractivity contribution is -0.143. The summed E-state index contributed by atoms with van der Waals surface area (Å²) >= 11 is 0. The van der Waals surface area contributed by atoms with Crippen molar-refractivity contribution in [1.82, 2.24) is 0 Å². The zero-order valence-electron chi connectivity index (χ0n) is 18.2. The maximum Gasteiger partial charge on any atom is 0.306 e. The van der Waals surface area contributed by atoms with Gasteiger partial charge in [-0.15, -0.1) is 0 Å². The largest absolute Gasteiger partial charge is 0.481 e. The number of carbonyl (C=O) groups excluding carboxylic acids is 2. The van der Waals surface area contributed by atoms with Gasteiger partial charge in [0.05, 0.1) is 12.3 Å². The third-order valence-corrected chi connectivity index (χ3v) is 4.67. The Morgan fingerprint density at radius 2 is 1.48 bits per heavy atom. The van der Waals surface area contributed by atoms with E-state index in [4.69, 9.17) is 10.2 Å². The highest BCUT2D eigenvalue weighted by molar-refractivity contribution is 5.99. The highest BCUT2D eigenvalue weighted by Gasteiger charge is 2.27. The molecule has 2 rings (SSSR count). The summed E-state index contributed by atoms with van der Waals surface area (Å²) in [5, 5.41) is 17.7. The second-order valence-corrected chi connectivity index (χ2v) is 7.96. The molecule has 0 fully saturated rings. The van der Waals surface area contributed by atoms with Crippen molar-refractivity contribution in [3.63, 3.8) is 0 Å². The number of aliphatic carboxylic acids is 2. The number of carbonyl (C=O) groups is 4. The van der Waals surface area contributed by atoms with Crippen molar-refractivity contribution in [1.29, 1.82) is 0 Å². The smallest absolute Gasteiger partial charge is 0.306 e. The van der Waals surface area contributed by atoms with Gasteiger partial charge in [0.2, 0.25) is 0 Å². The number of hydrogen-bond acceptors (Lipinski definition) is 4. The van der Waals surface area contributed by atoms with Gasteiger partial charge in [0.25, 0.3) is 0 Å². The zero-order chi connectivity index (χ0) is 23.4. The highest BCUT2D eigenvalue weighted by Crippen LogP contribution is 2.21. The summed E-state index contributed by atoms with van der Waals surface area (Å²) in [7, 11) is 0. The Bertz CT molecular complexity index is 855. The van der Waals surface area contributed by atoms with E-state index in [9.17, 15) is 19.2 Å². The van der Waals surface area contributed by atoms with Gasteiger partial charge in [-0.2, -0.15) is 0 Å². The van der Waals surface area contributed by atoms with Crippen LogP contribution in [0.25, 0.3) is 0 Å². The van der Waals surface area contributed by atoms with E-state index in [1.165, 1.54) is 12.5 Å². The summed E-state index contributed by atoms with van der Waals surface area (Å²) in [6.07, 6.45) is 1.62. The fourth-order valence-electron chi connectivity index (χ4n) is 3.06. The topological polar surface area (TPSA) is 109 Å². The van der Waals surface area contributed by atoms with Gasteiger partial charge in [-0.1, -0.05) is 75.4 Å². The molecule has 2 unspecified atom stereocenters. The molecular weight excluding hydrogens is 396 g/mol. The first kappa shape index (κ1) is 25.8. The Morgan fingerprint density at radius 1 is 0.903 bits per heavy atom. The zero-order valence-corrected chi connectivity index (χ0v) is 18.2. The molecule has 0 aromatic heterocycles. The molecule has 0 amide bonds. The van der Waals surface area contributed by atoms with Crippen LogP contribution in [0.15, 0.2) is 54.6 Å². The lowest BCUT2D eigenvalue weighted by Crippen LogP contribution is -2.24. The number of rotatable bonds is 10. The van der Waals surface area contributed by atoms with E-state index in [1.54, 1.807) is 30.3 Å². The third kappa shape index (κ3) is 9.85. The van der Waals surface area contributed by atoms with Crippen LogP contribution in [0.3, 0.4) is 0 Å². The van der Waals surface area contributed by atoms with Crippen LogP contribution in [0.1, 0.15) is 59.9 Å². The lowest BCUT2D eigenvalue weighted by atomic mass is 9.87. The first-order chi connectivity index (χ1) is 14.6. The van der Waals surface area contributed by atoms with Gasteiger partial charge in [-0.05, 0) is 24.3 Å². The third-order valence-electron chi connectivity index (χ3n) is 4.67. The fraction of sp³-hybridized carbons (Fsp3) is 0.360. The minimum Gasteiger partial charge on any atom is -0.481 e. The molecule has 0 aliphatic heterocycles. The summed E-state index contributed by atoms with van der Waals surface area (Å²) in [5.41, 5.74) is 2.46. The van der Waals surface area contributed by atoms with Gasteiger partial charge < -0.3 is 10.2 Å². The van der Waals surface area contributed by atoms with Crippen LogP contribution in [-0.2, 0) is 16.0 Å². The van der Waals surface area contributed by atoms with Crippen LogP contribution < -0.4 is 0 Å². The van der Waals surface area contributed by atoms with Crippen molar-refractivity contribution in [2.75, 3.05) is 0 Å². The molecule has 0 saturated carbocycles. The molecule has 0 bridgehead atoms. The fourth-order valence-corrected chi connectivity index (χ4v) is 3.06. The highest BCUT2D eigenvalue weighted by atomic mass is 16.4. The molecule has 2 aromatic rings. The van der Waals surface area contributed by atoms with Crippen molar-refractivity contribution in [3.05, 3.63) is 71.3 Å². The number of aldehydes is 1. The SMILES string of the molecule is CC(C)Cc1ccc(C=O)cc1.CC(CC(CC(=O)O)C(=O)c1ccccc1)C(=O)O. The summed E-state index contributed by atoms with van der Waals surface area (Å²) in [4.78, 5) is 44.1. The standard InChI is InChI=1S/C14H16O5.C11H14O/c1-9(14(18)19)7-11(8-12(15)16)13(17)10-5-3-2-4-6-10;1-9(2)7-10-3-5-11(8-12)6-4-10/h2-6,9,11H,7-8H2,1H3,(H,15,16)(H,18,19);3-6,8-9H,7H2,1-2H3. The Balaban J connectivity index is 0.000000343. The molecule has 0 heterocycles. The predicted octanol–water partition coefficient (Wildman–Crippen LogP) is 4.77. The van der Waals surface area contributed by atoms with Crippen LogP contribution in [0.2, 0.25) is 0 Å². The molecule has 31 heavy (non-hydrogen) atoms. The van der Waals surface area contributed by atoms with Crippen LogP contribution in [-0.4, -0.2) is 34.2 Å². The molecular formula is C25H30O6. The number of carboxylic acids is 2. The van der Waals surface area contributed by atoms with Gasteiger partial charge in [-0.3, -0.25) is 19.2 Å². The normalized spacial score (nSPS) is 12.3. The maximum atomic E-state index is 12.2. The molecule has 2 N–H and O–H groups in total. The van der Waals surface area contributed by atoms with Crippen molar-refractivity contribution in [2.45, 2.75) is 40.0 Å².